The van der Waals surface area contributed by atoms with Crippen LogP contribution in [0.3, 0.4) is 0 Å². The van der Waals surface area contributed by atoms with Crippen LogP contribution in [0.2, 0.25) is 5.02 Å². The van der Waals surface area contributed by atoms with Gasteiger partial charge < -0.3 is 14.7 Å². The van der Waals surface area contributed by atoms with Gasteiger partial charge in [0.2, 0.25) is 0 Å². The fourth-order valence-corrected chi connectivity index (χ4v) is 4.10. The Morgan fingerprint density at radius 2 is 1.31 bits per heavy atom. The lowest BCUT2D eigenvalue weighted by atomic mass is 10.1. The van der Waals surface area contributed by atoms with E-state index in [0.29, 0.717) is 44.3 Å². The van der Waals surface area contributed by atoms with Gasteiger partial charge in [0.15, 0.2) is 0 Å². The number of amides is 2. The van der Waals surface area contributed by atoms with Crippen molar-refractivity contribution in [3.63, 3.8) is 0 Å². The second-order valence-corrected chi connectivity index (χ2v) is 8.33. The average Bonchev–Trinajstić information content (AvgIpc) is 2.84. The van der Waals surface area contributed by atoms with Gasteiger partial charge in [0, 0.05) is 50.0 Å². The molecule has 0 atom stereocenters. The third kappa shape index (κ3) is 5.48. The smallest absolute Gasteiger partial charge is 0.312 e. The number of hydrogen-bond donors (Lipinski definition) is 0. The lowest BCUT2D eigenvalue weighted by Crippen LogP contribution is -2.53. The summed E-state index contributed by atoms with van der Waals surface area (Å²) in [6.45, 7) is 3.11. The Labute approximate surface area is 193 Å². The molecule has 0 bridgehead atoms. The second-order valence-electron chi connectivity index (χ2n) is 7.89. The molecule has 1 saturated heterocycles. The molecule has 5 nitrogen and oxygen atoms in total. The average molecular weight is 448 g/mol. The van der Waals surface area contributed by atoms with Crippen LogP contribution in [0.15, 0.2) is 84.9 Å². The summed E-state index contributed by atoms with van der Waals surface area (Å²) in [5, 5.41) is 0.689. The van der Waals surface area contributed by atoms with Crippen molar-refractivity contribution >= 4 is 29.1 Å². The van der Waals surface area contributed by atoms with Crippen molar-refractivity contribution < 1.29 is 9.59 Å². The minimum absolute atomic E-state index is 0.392. The van der Waals surface area contributed by atoms with Crippen molar-refractivity contribution in [2.75, 3.05) is 31.1 Å². The number of piperazine rings is 1. The van der Waals surface area contributed by atoms with E-state index in [1.54, 1.807) is 9.80 Å². The topological polar surface area (TPSA) is 43.9 Å². The molecule has 1 aliphatic rings. The molecular weight excluding hydrogens is 422 g/mol. The van der Waals surface area contributed by atoms with Crippen LogP contribution in [0.4, 0.5) is 5.69 Å². The molecule has 3 aromatic rings. The first-order valence-electron chi connectivity index (χ1n) is 10.8. The molecule has 1 heterocycles. The molecule has 0 radical (unpaired) electrons. The summed E-state index contributed by atoms with van der Waals surface area (Å²) < 4.78 is 0. The van der Waals surface area contributed by atoms with Crippen LogP contribution in [0.5, 0.6) is 0 Å². The highest BCUT2D eigenvalue weighted by atomic mass is 35.5. The molecule has 164 valence electrons. The highest BCUT2D eigenvalue weighted by Gasteiger charge is 2.30. The normalized spacial score (nSPS) is 13.7. The van der Waals surface area contributed by atoms with Crippen LogP contribution < -0.4 is 4.90 Å². The van der Waals surface area contributed by atoms with Gasteiger partial charge in [-0.15, -0.1) is 0 Å². The number of nitrogens with zero attached hydrogens (tertiary/aromatic N) is 3. The van der Waals surface area contributed by atoms with Crippen molar-refractivity contribution in [3.8, 4) is 0 Å². The Morgan fingerprint density at radius 1 is 0.750 bits per heavy atom. The van der Waals surface area contributed by atoms with E-state index in [9.17, 15) is 9.59 Å². The molecule has 0 aromatic heterocycles. The number of halogens is 1. The van der Waals surface area contributed by atoms with Gasteiger partial charge in [-0.1, -0.05) is 78.3 Å². The number of hydrogen-bond acceptors (Lipinski definition) is 3. The standard InChI is InChI=1S/C26H26ClN3O2/c27-23-12-7-13-24(18-23)28-14-16-29(17-15-28)25(31)26(32)30(19-21-8-3-1-4-9-21)20-22-10-5-2-6-11-22/h1-13,18H,14-17,19-20H2. The van der Waals surface area contributed by atoms with E-state index in [-0.39, 0.29) is 0 Å². The van der Waals surface area contributed by atoms with Gasteiger partial charge in [0.05, 0.1) is 0 Å². The summed E-state index contributed by atoms with van der Waals surface area (Å²) >= 11 is 6.11. The van der Waals surface area contributed by atoms with E-state index in [1.807, 2.05) is 84.9 Å². The van der Waals surface area contributed by atoms with Crippen LogP contribution >= 0.6 is 11.6 Å². The van der Waals surface area contributed by atoms with E-state index in [4.69, 9.17) is 11.6 Å². The summed E-state index contributed by atoms with van der Waals surface area (Å²) in [5.41, 5.74) is 3.02. The summed E-state index contributed by atoms with van der Waals surface area (Å²) in [6, 6.07) is 27.2. The van der Waals surface area contributed by atoms with Crippen LogP contribution in [-0.4, -0.2) is 47.8 Å². The van der Waals surface area contributed by atoms with Gasteiger partial charge in [0.1, 0.15) is 0 Å². The van der Waals surface area contributed by atoms with Crippen molar-refractivity contribution in [3.05, 3.63) is 101 Å². The highest BCUT2D eigenvalue weighted by Crippen LogP contribution is 2.21. The summed E-state index contributed by atoms with van der Waals surface area (Å²) in [5.74, 6) is -0.906. The highest BCUT2D eigenvalue weighted by molar-refractivity contribution is 6.34. The van der Waals surface area contributed by atoms with Crippen molar-refractivity contribution in [1.82, 2.24) is 9.80 Å². The number of carbonyl (C=O) groups is 2. The van der Waals surface area contributed by atoms with Gasteiger partial charge in [0.25, 0.3) is 0 Å². The number of rotatable bonds is 5. The Morgan fingerprint density at radius 3 is 1.84 bits per heavy atom. The molecule has 4 rings (SSSR count). The predicted molar refractivity (Wildman–Crippen MR) is 127 cm³/mol. The third-order valence-corrected chi connectivity index (χ3v) is 5.88. The molecule has 3 aromatic carbocycles. The van der Waals surface area contributed by atoms with E-state index in [2.05, 4.69) is 4.90 Å². The Kier molecular flexibility index (Phi) is 7.07. The largest absolute Gasteiger partial charge is 0.368 e. The first kappa shape index (κ1) is 21.9. The van der Waals surface area contributed by atoms with Gasteiger partial charge in [-0.2, -0.15) is 0 Å². The molecule has 1 aliphatic heterocycles. The maximum atomic E-state index is 13.3. The van der Waals surface area contributed by atoms with E-state index in [0.717, 1.165) is 16.8 Å². The Bertz CT molecular complexity index is 1010. The third-order valence-electron chi connectivity index (χ3n) is 5.64. The lowest BCUT2D eigenvalue weighted by Gasteiger charge is -2.36. The molecule has 2 amide bonds. The number of anilines is 1. The van der Waals surface area contributed by atoms with Crippen LogP contribution in [0, 0.1) is 0 Å². The summed E-state index contributed by atoms with van der Waals surface area (Å²) in [7, 11) is 0. The summed E-state index contributed by atoms with van der Waals surface area (Å²) in [4.78, 5) is 31.8. The first-order valence-corrected chi connectivity index (χ1v) is 11.1. The number of carbonyl (C=O) groups excluding carboxylic acids is 2. The predicted octanol–water partition coefficient (Wildman–Crippen LogP) is 4.22. The fraction of sp³-hybridized carbons (Fsp3) is 0.231. The molecule has 0 saturated carbocycles. The molecule has 32 heavy (non-hydrogen) atoms. The molecule has 6 heteroatoms. The monoisotopic (exact) mass is 447 g/mol. The van der Waals surface area contributed by atoms with E-state index < -0.39 is 11.8 Å². The maximum Gasteiger partial charge on any atom is 0.312 e. The van der Waals surface area contributed by atoms with Crippen LogP contribution in [0.1, 0.15) is 11.1 Å². The van der Waals surface area contributed by atoms with Crippen molar-refractivity contribution in [2.24, 2.45) is 0 Å². The Balaban J connectivity index is 1.43. The first-order chi connectivity index (χ1) is 15.6. The maximum absolute atomic E-state index is 13.3. The number of benzene rings is 3. The zero-order chi connectivity index (χ0) is 22.3. The van der Waals surface area contributed by atoms with Gasteiger partial charge in [-0.05, 0) is 29.3 Å². The second kappa shape index (κ2) is 10.3. The quantitative estimate of drug-likeness (QED) is 0.550. The zero-order valence-corrected chi connectivity index (χ0v) is 18.6. The molecule has 0 aliphatic carbocycles. The fourth-order valence-electron chi connectivity index (χ4n) is 3.92. The van der Waals surface area contributed by atoms with E-state index in [1.165, 1.54) is 0 Å². The lowest BCUT2D eigenvalue weighted by molar-refractivity contribution is -0.152. The van der Waals surface area contributed by atoms with E-state index >= 15 is 0 Å². The van der Waals surface area contributed by atoms with Crippen molar-refractivity contribution in [2.45, 2.75) is 13.1 Å². The zero-order valence-electron chi connectivity index (χ0n) is 17.9. The van der Waals surface area contributed by atoms with Gasteiger partial charge in [-0.3, -0.25) is 9.59 Å². The SMILES string of the molecule is O=C(C(=O)N(Cc1ccccc1)Cc1ccccc1)N1CCN(c2cccc(Cl)c2)CC1. The molecule has 1 fully saturated rings. The Hall–Kier alpha value is -3.31. The minimum Gasteiger partial charge on any atom is -0.368 e. The molecule has 0 spiro atoms. The molecule has 0 N–H and O–H groups in total. The van der Waals surface area contributed by atoms with Crippen molar-refractivity contribution in [1.29, 1.82) is 0 Å². The van der Waals surface area contributed by atoms with Crippen LogP contribution in [-0.2, 0) is 22.7 Å². The van der Waals surface area contributed by atoms with Crippen LogP contribution in [0.25, 0.3) is 0 Å². The van der Waals surface area contributed by atoms with Gasteiger partial charge >= 0.3 is 11.8 Å². The van der Waals surface area contributed by atoms with Gasteiger partial charge in [-0.25, -0.2) is 0 Å². The minimum atomic E-state index is -0.464. The molecule has 0 unspecified atom stereocenters. The summed E-state index contributed by atoms with van der Waals surface area (Å²) in [6.07, 6.45) is 0. The molecular formula is C26H26ClN3O2.